The number of carbonyl (C=O) groups is 2. The normalized spacial score (nSPS) is 11.2. The predicted molar refractivity (Wildman–Crippen MR) is 124 cm³/mol. The fraction of sp³-hybridized carbons (Fsp3) is 0.231. The number of alkyl halides is 2. The van der Waals surface area contributed by atoms with Crippen LogP contribution in [-0.2, 0) is 16.0 Å². The summed E-state index contributed by atoms with van der Waals surface area (Å²) in [4.78, 5) is 28.2. The summed E-state index contributed by atoms with van der Waals surface area (Å²) < 4.78 is 36.2. The quantitative estimate of drug-likeness (QED) is 0.260. The first-order valence-electron chi connectivity index (χ1n) is 10.8. The van der Waals surface area contributed by atoms with Crippen LogP contribution in [0.15, 0.2) is 60.8 Å². The van der Waals surface area contributed by atoms with E-state index in [1.54, 1.807) is 25.1 Å². The Balaban J connectivity index is 1.37. The predicted octanol–water partition coefficient (Wildman–Crippen LogP) is 5.54. The number of benzene rings is 2. The Morgan fingerprint density at radius 3 is 2.53 bits per heavy atom. The minimum Gasteiger partial charge on any atom is -0.457 e. The molecule has 0 atom stereocenters. The maximum Gasteiger partial charge on any atom is 0.387 e. The first-order chi connectivity index (χ1) is 16.3. The van der Waals surface area contributed by atoms with Gasteiger partial charge in [0.25, 0.3) is 0 Å². The molecule has 34 heavy (non-hydrogen) atoms. The molecule has 0 aliphatic carbocycles. The van der Waals surface area contributed by atoms with Gasteiger partial charge in [-0.1, -0.05) is 18.2 Å². The zero-order valence-electron chi connectivity index (χ0n) is 18.8. The Morgan fingerprint density at radius 1 is 1.06 bits per heavy atom. The molecule has 4 rings (SSSR count). The largest absolute Gasteiger partial charge is 0.457 e. The van der Waals surface area contributed by atoms with Crippen molar-refractivity contribution in [1.29, 1.82) is 0 Å². The van der Waals surface area contributed by atoms with Crippen LogP contribution in [0.25, 0.3) is 16.6 Å². The van der Waals surface area contributed by atoms with Gasteiger partial charge in [0.2, 0.25) is 5.78 Å². The average molecular weight is 466 g/mol. The van der Waals surface area contributed by atoms with Gasteiger partial charge in [-0.05, 0) is 62.2 Å². The van der Waals surface area contributed by atoms with E-state index in [1.807, 2.05) is 42.0 Å². The van der Waals surface area contributed by atoms with Crippen LogP contribution in [-0.4, -0.2) is 34.5 Å². The highest BCUT2D eigenvalue weighted by atomic mass is 19.3. The molecule has 2 heterocycles. The number of aryl methyl sites for hydroxylation is 2. The van der Waals surface area contributed by atoms with Gasteiger partial charge in [0.15, 0.2) is 6.61 Å². The molecule has 2 aromatic carbocycles. The molecule has 0 spiro atoms. The highest BCUT2D eigenvalue weighted by Crippen LogP contribution is 2.24. The summed E-state index contributed by atoms with van der Waals surface area (Å²) in [6.07, 6.45) is 2.56. The number of Topliss-reactive ketones (excluding diaryl/α,β-unsaturated/α-hetero) is 1. The molecule has 0 radical (unpaired) electrons. The third-order valence-corrected chi connectivity index (χ3v) is 5.69. The first-order valence-corrected chi connectivity index (χ1v) is 10.8. The van der Waals surface area contributed by atoms with Gasteiger partial charge >= 0.3 is 12.6 Å². The van der Waals surface area contributed by atoms with Crippen LogP contribution in [0.5, 0.6) is 5.75 Å². The number of nitrogens with one attached hydrogen (secondary N) is 1. The smallest absolute Gasteiger partial charge is 0.387 e. The summed E-state index contributed by atoms with van der Waals surface area (Å²) in [5.41, 5.74) is 4.62. The zero-order valence-corrected chi connectivity index (χ0v) is 18.8. The third-order valence-electron chi connectivity index (χ3n) is 5.69. The number of fused-ring (bicyclic) bond motifs is 1. The lowest BCUT2D eigenvalue weighted by Crippen LogP contribution is -2.15. The molecular weight excluding hydrogens is 442 g/mol. The molecule has 176 valence electrons. The van der Waals surface area contributed by atoms with Crippen molar-refractivity contribution in [2.75, 3.05) is 6.61 Å². The summed E-state index contributed by atoms with van der Waals surface area (Å²) in [5.74, 6) is -0.698. The van der Waals surface area contributed by atoms with Gasteiger partial charge in [0.05, 0.1) is 0 Å². The maximum absolute atomic E-state index is 12.8. The van der Waals surface area contributed by atoms with E-state index in [0.29, 0.717) is 23.4 Å². The molecule has 2 aromatic heterocycles. The van der Waals surface area contributed by atoms with Crippen LogP contribution in [0, 0.1) is 13.8 Å². The van der Waals surface area contributed by atoms with Gasteiger partial charge < -0.3 is 19.0 Å². The van der Waals surface area contributed by atoms with Crippen LogP contribution in [0.4, 0.5) is 8.78 Å². The molecule has 0 amide bonds. The molecule has 1 N–H and O–H groups in total. The summed E-state index contributed by atoms with van der Waals surface area (Å²) in [5, 5.41) is 1.06. The second-order valence-corrected chi connectivity index (χ2v) is 7.94. The molecule has 8 heteroatoms. The summed E-state index contributed by atoms with van der Waals surface area (Å²) in [7, 11) is 0. The highest BCUT2D eigenvalue weighted by molar-refractivity contribution is 5.99. The Bertz CT molecular complexity index is 1320. The van der Waals surface area contributed by atoms with Gasteiger partial charge in [0, 0.05) is 46.2 Å². The van der Waals surface area contributed by atoms with Gasteiger partial charge in [-0.15, -0.1) is 0 Å². The molecule has 0 fully saturated rings. The Labute approximate surface area is 195 Å². The van der Waals surface area contributed by atoms with Gasteiger partial charge in [0.1, 0.15) is 5.75 Å². The monoisotopic (exact) mass is 466 g/mol. The van der Waals surface area contributed by atoms with E-state index in [9.17, 15) is 18.4 Å². The molecular formula is C26H24F2N2O4. The van der Waals surface area contributed by atoms with E-state index >= 15 is 0 Å². The number of hydrogen-bond acceptors (Lipinski definition) is 4. The lowest BCUT2D eigenvalue weighted by Gasteiger charge is -2.11. The van der Waals surface area contributed by atoms with E-state index in [1.165, 1.54) is 12.1 Å². The van der Waals surface area contributed by atoms with Crippen molar-refractivity contribution in [2.24, 2.45) is 0 Å². The van der Waals surface area contributed by atoms with Gasteiger partial charge in [-0.2, -0.15) is 8.78 Å². The third kappa shape index (κ3) is 5.01. The van der Waals surface area contributed by atoms with Gasteiger partial charge in [-0.3, -0.25) is 9.59 Å². The fourth-order valence-corrected chi connectivity index (χ4v) is 4.09. The van der Waals surface area contributed by atoms with Gasteiger partial charge in [-0.25, -0.2) is 0 Å². The number of esters is 1. The van der Waals surface area contributed by atoms with E-state index < -0.39 is 12.6 Å². The van der Waals surface area contributed by atoms with Crippen LogP contribution in [0.1, 0.15) is 33.7 Å². The molecule has 0 unspecified atom stereocenters. The summed E-state index contributed by atoms with van der Waals surface area (Å²) >= 11 is 0. The van der Waals surface area contributed by atoms with E-state index in [-0.39, 0.29) is 24.6 Å². The van der Waals surface area contributed by atoms with Crippen molar-refractivity contribution < 1.29 is 27.8 Å². The fourth-order valence-electron chi connectivity index (χ4n) is 4.09. The zero-order chi connectivity index (χ0) is 24.2. The van der Waals surface area contributed by atoms with Crippen molar-refractivity contribution in [2.45, 2.75) is 33.3 Å². The number of ketones is 1. The molecule has 0 bridgehead atoms. The number of ether oxygens (including phenoxy) is 2. The first kappa shape index (κ1) is 23.2. The number of aromatic nitrogens is 2. The lowest BCUT2D eigenvalue weighted by atomic mass is 10.1. The molecule has 0 aliphatic rings. The van der Waals surface area contributed by atoms with Crippen molar-refractivity contribution in [3.63, 3.8) is 0 Å². The SMILES string of the molecule is Cc1cc(C(=O)COC(=O)CCc2c[nH]c3ccccc23)c(C)n1-c1ccc(OC(F)F)cc1. The topological polar surface area (TPSA) is 73.3 Å². The van der Waals surface area contributed by atoms with Crippen molar-refractivity contribution in [1.82, 2.24) is 9.55 Å². The van der Waals surface area contributed by atoms with E-state index in [0.717, 1.165) is 22.2 Å². The summed E-state index contributed by atoms with van der Waals surface area (Å²) in [6.45, 7) is 0.372. The Morgan fingerprint density at radius 2 is 1.79 bits per heavy atom. The minimum absolute atomic E-state index is 0.0528. The highest BCUT2D eigenvalue weighted by Gasteiger charge is 2.18. The molecule has 0 saturated heterocycles. The minimum atomic E-state index is -2.89. The lowest BCUT2D eigenvalue weighted by molar-refractivity contribution is -0.142. The molecule has 4 aromatic rings. The average Bonchev–Trinajstić information content (AvgIpc) is 3.36. The second-order valence-electron chi connectivity index (χ2n) is 7.94. The number of nitrogens with zero attached hydrogens (tertiary/aromatic N) is 1. The number of carbonyl (C=O) groups excluding carboxylic acids is 2. The number of hydrogen-bond donors (Lipinski definition) is 1. The van der Waals surface area contributed by atoms with Crippen LogP contribution in [0.2, 0.25) is 0 Å². The molecule has 0 saturated carbocycles. The number of H-pyrrole nitrogens is 1. The van der Waals surface area contributed by atoms with Crippen molar-refractivity contribution >= 4 is 22.7 Å². The van der Waals surface area contributed by atoms with Crippen molar-refractivity contribution in [3.8, 4) is 11.4 Å². The summed E-state index contributed by atoms with van der Waals surface area (Å²) in [6, 6.07) is 15.7. The molecule has 6 nitrogen and oxygen atoms in total. The number of para-hydroxylation sites is 1. The Kier molecular flexibility index (Phi) is 6.77. The molecule has 0 aliphatic heterocycles. The van der Waals surface area contributed by atoms with Crippen LogP contribution < -0.4 is 4.74 Å². The second kappa shape index (κ2) is 9.91. The van der Waals surface area contributed by atoms with Crippen molar-refractivity contribution in [3.05, 3.63) is 83.3 Å². The number of rotatable bonds is 9. The van der Waals surface area contributed by atoms with Crippen LogP contribution in [0.3, 0.4) is 0 Å². The standard InChI is InChI=1S/C26H24F2N2O4/c1-16-13-22(17(2)30(16)19-8-10-20(11-9-19)34-26(27)28)24(31)15-33-25(32)12-7-18-14-29-23-6-4-3-5-21(18)23/h3-6,8-11,13-14,26,29H,7,12,15H2,1-2H3. The van der Waals surface area contributed by atoms with Crippen LogP contribution >= 0.6 is 0 Å². The number of aromatic amines is 1. The number of halogens is 2. The Hall–Kier alpha value is -3.94. The van der Waals surface area contributed by atoms with E-state index in [2.05, 4.69) is 9.72 Å². The van der Waals surface area contributed by atoms with E-state index in [4.69, 9.17) is 4.74 Å². The maximum atomic E-state index is 12.8.